The first-order valence-electron chi connectivity index (χ1n) is 11.5. The van der Waals surface area contributed by atoms with E-state index in [2.05, 4.69) is 17.4 Å². The molecule has 170 valence electrons. The van der Waals surface area contributed by atoms with Crippen LogP contribution >= 0.6 is 11.6 Å². The molecule has 4 aromatic carbocycles. The maximum atomic E-state index is 13.8. The number of nitrogens with one attached hydrogen (secondary N) is 1. The van der Waals surface area contributed by atoms with Crippen LogP contribution in [0.15, 0.2) is 103 Å². The fourth-order valence-corrected chi connectivity index (χ4v) is 4.97. The first-order chi connectivity index (χ1) is 16.6. The van der Waals surface area contributed by atoms with Gasteiger partial charge in [-0.25, -0.2) is 0 Å². The fraction of sp³-hybridized carbons (Fsp3) is 0.167. The van der Waals surface area contributed by atoms with Crippen LogP contribution in [0.4, 0.5) is 0 Å². The molecule has 0 saturated heterocycles. The van der Waals surface area contributed by atoms with Gasteiger partial charge in [-0.1, -0.05) is 114 Å². The summed E-state index contributed by atoms with van der Waals surface area (Å²) in [7, 11) is 0. The number of benzene rings is 4. The van der Waals surface area contributed by atoms with E-state index in [9.17, 15) is 4.79 Å². The van der Waals surface area contributed by atoms with Crippen LogP contribution in [0.25, 0.3) is 0 Å². The second-order valence-electron chi connectivity index (χ2n) is 8.72. The predicted molar refractivity (Wildman–Crippen MR) is 136 cm³/mol. The normalized spacial score (nSPS) is 16.8. The van der Waals surface area contributed by atoms with E-state index in [1.54, 1.807) is 0 Å². The minimum atomic E-state index is -1.19. The first kappa shape index (κ1) is 22.4. The smallest absolute Gasteiger partial charge is 0.325 e. The molecule has 4 heteroatoms. The number of halogens is 1. The van der Waals surface area contributed by atoms with Gasteiger partial charge in [0.1, 0.15) is 6.04 Å². The van der Waals surface area contributed by atoms with Gasteiger partial charge in [-0.3, -0.25) is 4.79 Å². The number of hydrogen-bond acceptors (Lipinski definition) is 3. The van der Waals surface area contributed by atoms with Crippen molar-refractivity contribution in [1.82, 2.24) is 5.32 Å². The topological polar surface area (TPSA) is 38.3 Å². The van der Waals surface area contributed by atoms with Crippen molar-refractivity contribution >= 4 is 17.6 Å². The number of aryl methyl sites for hydroxylation is 1. The number of carbonyl (C=O) groups excluding carboxylic acids is 1. The molecule has 1 aliphatic heterocycles. The van der Waals surface area contributed by atoms with Crippen LogP contribution in [0.2, 0.25) is 5.02 Å². The standard InChI is InChI=1S/C30H26ClNO2/c1-21-15-17-25(18-16-21)30(24-11-3-2-4-12-24,26-13-7-8-14-27(26)31)34-29(33)28-19-22-9-5-6-10-23(22)20-32-28/h2-18,28,32H,19-20H2,1H3/t28-,30?/m0/s1. The highest BCUT2D eigenvalue weighted by molar-refractivity contribution is 6.31. The van der Waals surface area contributed by atoms with Crippen molar-refractivity contribution in [3.63, 3.8) is 0 Å². The van der Waals surface area contributed by atoms with Crippen molar-refractivity contribution < 1.29 is 9.53 Å². The van der Waals surface area contributed by atoms with Crippen molar-refractivity contribution in [1.29, 1.82) is 0 Å². The molecule has 1 aliphatic rings. The lowest BCUT2D eigenvalue weighted by Gasteiger charge is -2.37. The SMILES string of the molecule is Cc1ccc(C(OC(=O)[C@@H]2Cc3ccccc3CN2)(c2ccccc2)c2ccccc2Cl)cc1. The number of ether oxygens (including phenoxy) is 1. The number of hydrogen-bond donors (Lipinski definition) is 1. The maximum Gasteiger partial charge on any atom is 0.325 e. The molecule has 1 heterocycles. The third kappa shape index (κ3) is 4.13. The van der Waals surface area contributed by atoms with Gasteiger partial charge in [-0.2, -0.15) is 0 Å². The molecule has 0 aromatic heterocycles. The van der Waals surface area contributed by atoms with E-state index in [-0.39, 0.29) is 5.97 Å². The van der Waals surface area contributed by atoms with E-state index in [1.165, 1.54) is 11.1 Å². The summed E-state index contributed by atoms with van der Waals surface area (Å²) < 4.78 is 6.59. The van der Waals surface area contributed by atoms with Gasteiger partial charge in [-0.15, -0.1) is 0 Å². The van der Waals surface area contributed by atoms with E-state index >= 15 is 0 Å². The van der Waals surface area contributed by atoms with Gasteiger partial charge in [-0.05, 0) is 30.5 Å². The largest absolute Gasteiger partial charge is 0.443 e. The van der Waals surface area contributed by atoms with Gasteiger partial charge in [0.05, 0.1) is 0 Å². The van der Waals surface area contributed by atoms with Gasteiger partial charge in [0.2, 0.25) is 0 Å². The van der Waals surface area contributed by atoms with Crippen molar-refractivity contribution in [3.8, 4) is 0 Å². The predicted octanol–water partition coefficient (Wildman–Crippen LogP) is 6.20. The molecular formula is C30H26ClNO2. The van der Waals surface area contributed by atoms with E-state index in [4.69, 9.17) is 16.3 Å². The lowest BCUT2D eigenvalue weighted by Crippen LogP contribution is -2.47. The Labute approximate surface area is 205 Å². The summed E-state index contributed by atoms with van der Waals surface area (Å²) >= 11 is 6.77. The zero-order chi connectivity index (χ0) is 23.5. The first-order valence-corrected chi connectivity index (χ1v) is 11.9. The third-order valence-corrected chi connectivity index (χ3v) is 6.84. The summed E-state index contributed by atoms with van der Waals surface area (Å²) in [6.45, 7) is 2.67. The Kier molecular flexibility index (Phi) is 6.23. The van der Waals surface area contributed by atoms with Crippen LogP contribution in [0.1, 0.15) is 33.4 Å². The molecular weight excluding hydrogens is 442 g/mol. The Balaban J connectivity index is 1.64. The van der Waals surface area contributed by atoms with Crippen LogP contribution < -0.4 is 5.32 Å². The number of carbonyl (C=O) groups is 1. The Bertz CT molecular complexity index is 1300. The van der Waals surface area contributed by atoms with Crippen LogP contribution in [-0.4, -0.2) is 12.0 Å². The van der Waals surface area contributed by atoms with Crippen molar-refractivity contribution in [3.05, 3.63) is 142 Å². The molecule has 3 nitrogen and oxygen atoms in total. The fourth-order valence-electron chi connectivity index (χ4n) is 4.70. The Hall–Kier alpha value is -3.40. The zero-order valence-corrected chi connectivity index (χ0v) is 19.8. The average molecular weight is 468 g/mol. The van der Waals surface area contributed by atoms with Crippen molar-refractivity contribution in [2.75, 3.05) is 0 Å². The van der Waals surface area contributed by atoms with Crippen LogP contribution in [0.5, 0.6) is 0 Å². The molecule has 0 radical (unpaired) electrons. The second kappa shape index (κ2) is 9.46. The summed E-state index contributed by atoms with van der Waals surface area (Å²) in [4.78, 5) is 13.8. The van der Waals surface area contributed by atoms with Gasteiger partial charge >= 0.3 is 5.97 Å². The molecule has 0 amide bonds. The van der Waals surface area contributed by atoms with Crippen LogP contribution in [0, 0.1) is 6.92 Å². The van der Waals surface area contributed by atoms with Crippen molar-refractivity contribution in [2.24, 2.45) is 0 Å². The van der Waals surface area contributed by atoms with Crippen LogP contribution in [-0.2, 0) is 28.1 Å². The molecule has 0 aliphatic carbocycles. The summed E-state index contributed by atoms with van der Waals surface area (Å²) in [5.41, 5.74) is 4.74. The minimum absolute atomic E-state index is 0.307. The molecule has 2 atom stereocenters. The lowest BCUT2D eigenvalue weighted by molar-refractivity contribution is -0.156. The number of fused-ring (bicyclic) bond motifs is 1. The highest BCUT2D eigenvalue weighted by Gasteiger charge is 2.43. The molecule has 5 rings (SSSR count). The highest BCUT2D eigenvalue weighted by atomic mass is 35.5. The van der Waals surface area contributed by atoms with E-state index in [0.29, 0.717) is 18.0 Å². The highest BCUT2D eigenvalue weighted by Crippen LogP contribution is 2.44. The lowest BCUT2D eigenvalue weighted by atomic mass is 9.79. The zero-order valence-electron chi connectivity index (χ0n) is 19.0. The minimum Gasteiger partial charge on any atom is -0.443 e. The summed E-state index contributed by atoms with van der Waals surface area (Å²) in [6, 6.07) is 33.3. The molecule has 1 N–H and O–H groups in total. The average Bonchev–Trinajstić information content (AvgIpc) is 2.88. The Morgan fingerprint density at radius 2 is 1.44 bits per heavy atom. The summed E-state index contributed by atoms with van der Waals surface area (Å²) in [5, 5.41) is 3.91. The van der Waals surface area contributed by atoms with Crippen LogP contribution in [0.3, 0.4) is 0 Å². The molecule has 0 saturated carbocycles. The quantitative estimate of drug-likeness (QED) is 0.280. The molecule has 0 fully saturated rings. The maximum absolute atomic E-state index is 13.8. The van der Waals surface area contributed by atoms with Gasteiger partial charge < -0.3 is 10.1 Å². The Morgan fingerprint density at radius 3 is 2.18 bits per heavy atom. The third-order valence-electron chi connectivity index (χ3n) is 6.51. The van der Waals surface area contributed by atoms with Crippen molar-refractivity contribution in [2.45, 2.75) is 31.5 Å². The van der Waals surface area contributed by atoms with E-state index in [1.807, 2.05) is 97.9 Å². The molecule has 34 heavy (non-hydrogen) atoms. The molecule has 0 bridgehead atoms. The number of esters is 1. The number of rotatable bonds is 5. The van der Waals surface area contributed by atoms with E-state index in [0.717, 1.165) is 22.3 Å². The van der Waals surface area contributed by atoms with Gasteiger partial charge in [0.25, 0.3) is 0 Å². The summed E-state index contributed by atoms with van der Waals surface area (Å²) in [6.07, 6.45) is 0.580. The monoisotopic (exact) mass is 467 g/mol. The van der Waals surface area contributed by atoms with Gasteiger partial charge in [0, 0.05) is 28.3 Å². The second-order valence-corrected chi connectivity index (χ2v) is 9.13. The Morgan fingerprint density at radius 1 is 0.824 bits per heavy atom. The van der Waals surface area contributed by atoms with Gasteiger partial charge in [0.15, 0.2) is 5.60 Å². The molecule has 4 aromatic rings. The molecule has 1 unspecified atom stereocenters. The van der Waals surface area contributed by atoms with E-state index < -0.39 is 11.6 Å². The summed E-state index contributed by atoms with van der Waals surface area (Å²) in [5.74, 6) is -0.307. The molecule has 0 spiro atoms.